The first kappa shape index (κ1) is 18.7. The van der Waals surface area contributed by atoms with Gasteiger partial charge in [-0.3, -0.25) is 0 Å². The second-order valence-corrected chi connectivity index (χ2v) is 7.55. The maximum atomic E-state index is 6.43. The molecular weight excluding hydrogens is 370 g/mol. The van der Waals surface area contributed by atoms with Crippen LogP contribution in [0.3, 0.4) is 0 Å². The van der Waals surface area contributed by atoms with E-state index in [2.05, 4.69) is 32.4 Å². The third-order valence-corrected chi connectivity index (χ3v) is 5.56. The van der Waals surface area contributed by atoms with Gasteiger partial charge in [0.2, 0.25) is 0 Å². The number of halogens is 1. The monoisotopic (exact) mass is 393 g/mol. The highest BCUT2D eigenvalue weighted by molar-refractivity contribution is 6.30. The van der Waals surface area contributed by atoms with Crippen LogP contribution in [0.15, 0.2) is 67.1 Å². The summed E-state index contributed by atoms with van der Waals surface area (Å²) in [4.78, 5) is 13.5. The van der Waals surface area contributed by atoms with Crippen LogP contribution in [0.1, 0.15) is 5.56 Å². The van der Waals surface area contributed by atoms with Gasteiger partial charge in [0.15, 0.2) is 0 Å². The lowest BCUT2D eigenvalue weighted by atomic mass is 10.0. The predicted octanol–water partition coefficient (Wildman–Crippen LogP) is 3.49. The van der Waals surface area contributed by atoms with Crippen molar-refractivity contribution in [2.24, 2.45) is 5.73 Å². The van der Waals surface area contributed by atoms with Gasteiger partial charge in [0.1, 0.15) is 12.1 Å². The van der Waals surface area contributed by atoms with E-state index in [1.807, 2.05) is 42.5 Å². The molecule has 1 saturated heterocycles. The number of fused-ring (bicyclic) bond motifs is 1. The van der Waals surface area contributed by atoms with Crippen LogP contribution in [0.2, 0.25) is 5.02 Å². The van der Waals surface area contributed by atoms with Crippen molar-refractivity contribution >= 4 is 28.3 Å². The number of para-hydroxylation sites is 1. The molecule has 28 heavy (non-hydrogen) atoms. The topological polar surface area (TPSA) is 58.3 Å². The molecule has 2 aromatic carbocycles. The zero-order chi connectivity index (χ0) is 19.5. The zero-order valence-corrected chi connectivity index (χ0v) is 16.5. The van der Waals surface area contributed by atoms with E-state index in [9.17, 15) is 0 Å². The molecule has 0 radical (unpaired) electrons. The van der Waals surface area contributed by atoms with Gasteiger partial charge in [-0.2, -0.15) is 0 Å². The Labute approximate surface area is 170 Å². The van der Waals surface area contributed by atoms with Crippen molar-refractivity contribution in [3.63, 3.8) is 0 Å². The number of anilines is 1. The molecule has 1 atom stereocenters. The molecule has 0 spiro atoms. The van der Waals surface area contributed by atoms with Gasteiger partial charge in [0.25, 0.3) is 0 Å². The highest BCUT2D eigenvalue weighted by Gasteiger charge is 2.23. The van der Waals surface area contributed by atoms with Gasteiger partial charge >= 0.3 is 0 Å². The van der Waals surface area contributed by atoms with E-state index in [0.29, 0.717) is 0 Å². The van der Waals surface area contributed by atoms with Crippen molar-refractivity contribution in [1.82, 2.24) is 14.9 Å². The molecule has 0 bridgehead atoms. The maximum absolute atomic E-state index is 6.43. The average molecular weight is 394 g/mol. The van der Waals surface area contributed by atoms with Crippen molar-refractivity contribution in [2.75, 3.05) is 31.1 Å². The second kappa shape index (κ2) is 8.17. The average Bonchev–Trinajstić information content (AvgIpc) is 2.74. The fourth-order valence-electron chi connectivity index (χ4n) is 3.67. The quantitative estimate of drug-likeness (QED) is 0.719. The summed E-state index contributed by atoms with van der Waals surface area (Å²) in [5.41, 5.74) is 9.56. The Balaban J connectivity index is 1.39. The van der Waals surface area contributed by atoms with E-state index in [4.69, 9.17) is 17.3 Å². The number of benzene rings is 2. The summed E-state index contributed by atoms with van der Waals surface area (Å²) in [6, 6.07) is 15.9. The van der Waals surface area contributed by atoms with Gasteiger partial charge in [-0.15, -0.1) is 0 Å². The standard InChI is InChI=1S/C22H24ClN5/c1-16(20(24)14-17-6-8-18(23)9-7-17)27-10-12-28(13-11-27)22-19-4-2-3-5-21(19)25-15-26-22/h2-9,15,20H,1,10-14,24H2. The third kappa shape index (κ3) is 3.96. The first-order valence-electron chi connectivity index (χ1n) is 9.50. The number of hydrogen-bond donors (Lipinski definition) is 1. The Hall–Kier alpha value is -2.63. The summed E-state index contributed by atoms with van der Waals surface area (Å²) in [5.74, 6) is 1.00. The van der Waals surface area contributed by atoms with E-state index < -0.39 is 0 Å². The molecule has 4 rings (SSSR count). The molecule has 1 unspecified atom stereocenters. The Kier molecular flexibility index (Phi) is 5.46. The highest BCUT2D eigenvalue weighted by Crippen LogP contribution is 2.24. The fourth-order valence-corrected chi connectivity index (χ4v) is 3.80. The van der Waals surface area contributed by atoms with Crippen LogP contribution in [0.4, 0.5) is 5.82 Å². The lowest BCUT2D eigenvalue weighted by molar-refractivity contribution is 0.302. The van der Waals surface area contributed by atoms with Crippen LogP contribution >= 0.6 is 11.6 Å². The van der Waals surface area contributed by atoms with Crippen LogP contribution in [0, 0.1) is 0 Å². The van der Waals surface area contributed by atoms with Gasteiger partial charge in [-0.05, 0) is 36.2 Å². The summed E-state index contributed by atoms with van der Waals surface area (Å²) in [5, 5.41) is 1.83. The molecule has 1 aliphatic heterocycles. The summed E-state index contributed by atoms with van der Waals surface area (Å²) >= 11 is 5.96. The normalized spacial score (nSPS) is 15.6. The van der Waals surface area contributed by atoms with Crippen LogP contribution in [0.25, 0.3) is 10.9 Å². The van der Waals surface area contributed by atoms with E-state index >= 15 is 0 Å². The highest BCUT2D eigenvalue weighted by atomic mass is 35.5. The molecule has 1 fully saturated rings. The van der Waals surface area contributed by atoms with Crippen LogP contribution in [-0.2, 0) is 6.42 Å². The van der Waals surface area contributed by atoms with Crippen molar-refractivity contribution < 1.29 is 0 Å². The minimum atomic E-state index is -0.104. The molecule has 1 aliphatic rings. The number of piperazine rings is 1. The smallest absolute Gasteiger partial charge is 0.140 e. The molecular formula is C22H24ClN5. The molecule has 3 aromatic rings. The molecule has 0 saturated carbocycles. The molecule has 6 heteroatoms. The van der Waals surface area contributed by atoms with Gasteiger partial charge in [0.05, 0.1) is 5.52 Å². The van der Waals surface area contributed by atoms with Crippen molar-refractivity contribution in [1.29, 1.82) is 0 Å². The van der Waals surface area contributed by atoms with E-state index in [-0.39, 0.29) is 6.04 Å². The fraction of sp³-hybridized carbons (Fsp3) is 0.273. The van der Waals surface area contributed by atoms with Crippen LogP contribution < -0.4 is 10.6 Å². The Morgan fingerprint density at radius 2 is 1.75 bits per heavy atom. The summed E-state index contributed by atoms with van der Waals surface area (Å²) in [7, 11) is 0. The van der Waals surface area contributed by atoms with Crippen molar-refractivity contribution in [2.45, 2.75) is 12.5 Å². The van der Waals surface area contributed by atoms with Crippen LogP contribution in [-0.4, -0.2) is 47.1 Å². The summed E-state index contributed by atoms with van der Waals surface area (Å²) in [6.07, 6.45) is 2.40. The Morgan fingerprint density at radius 3 is 2.50 bits per heavy atom. The summed E-state index contributed by atoms with van der Waals surface area (Å²) in [6.45, 7) is 7.80. The van der Waals surface area contributed by atoms with E-state index in [1.165, 1.54) is 5.56 Å². The Bertz CT molecular complexity index is 959. The number of aromatic nitrogens is 2. The predicted molar refractivity (Wildman–Crippen MR) is 116 cm³/mol. The molecule has 5 nitrogen and oxygen atoms in total. The van der Waals surface area contributed by atoms with Gasteiger partial charge in [0, 0.05) is 48.3 Å². The second-order valence-electron chi connectivity index (χ2n) is 7.12. The minimum absolute atomic E-state index is 0.104. The molecule has 0 amide bonds. The summed E-state index contributed by atoms with van der Waals surface area (Å²) < 4.78 is 0. The number of nitrogens with zero attached hydrogens (tertiary/aromatic N) is 4. The number of rotatable bonds is 5. The van der Waals surface area contributed by atoms with Crippen molar-refractivity contribution in [3.8, 4) is 0 Å². The van der Waals surface area contributed by atoms with E-state index in [1.54, 1.807) is 6.33 Å². The first-order valence-corrected chi connectivity index (χ1v) is 9.88. The largest absolute Gasteiger partial charge is 0.370 e. The minimum Gasteiger partial charge on any atom is -0.370 e. The molecule has 1 aromatic heterocycles. The molecule has 2 heterocycles. The first-order chi connectivity index (χ1) is 13.6. The molecule has 144 valence electrons. The number of hydrogen-bond acceptors (Lipinski definition) is 5. The van der Waals surface area contributed by atoms with Crippen molar-refractivity contribution in [3.05, 3.63) is 77.7 Å². The third-order valence-electron chi connectivity index (χ3n) is 5.30. The zero-order valence-electron chi connectivity index (χ0n) is 15.8. The van der Waals surface area contributed by atoms with Gasteiger partial charge < -0.3 is 15.5 Å². The maximum Gasteiger partial charge on any atom is 0.140 e. The van der Waals surface area contributed by atoms with E-state index in [0.717, 1.165) is 60.0 Å². The molecule has 0 aliphatic carbocycles. The Morgan fingerprint density at radius 1 is 1.04 bits per heavy atom. The lowest BCUT2D eigenvalue weighted by Gasteiger charge is -2.39. The van der Waals surface area contributed by atoms with Gasteiger partial charge in [-0.1, -0.05) is 42.4 Å². The lowest BCUT2D eigenvalue weighted by Crippen LogP contribution is -2.49. The SMILES string of the molecule is C=C(C(N)Cc1ccc(Cl)cc1)N1CCN(c2ncnc3ccccc23)CC1. The van der Waals surface area contributed by atoms with Gasteiger partial charge in [-0.25, -0.2) is 9.97 Å². The number of nitrogens with two attached hydrogens (primary N) is 1. The molecule has 2 N–H and O–H groups in total. The van der Waals surface area contributed by atoms with Crippen LogP contribution in [0.5, 0.6) is 0 Å².